The molecule has 0 aliphatic rings. The second kappa shape index (κ2) is 7.51. The number of hydrogen-bond donors (Lipinski definition) is 2. The molecule has 0 aliphatic heterocycles. The fourth-order valence-corrected chi connectivity index (χ4v) is 3.76. The van der Waals surface area contributed by atoms with E-state index in [2.05, 4.69) is 4.72 Å². The molecule has 3 aromatic carbocycles. The Balaban J connectivity index is 2.02. The molecule has 0 atom stereocenters. The van der Waals surface area contributed by atoms with Crippen LogP contribution in [0.2, 0.25) is 0 Å². The Morgan fingerprint density at radius 1 is 1.00 bits per heavy atom. The van der Waals surface area contributed by atoms with Crippen LogP contribution < -0.4 is 9.46 Å². The molecule has 0 amide bonds. The van der Waals surface area contributed by atoms with Crippen molar-refractivity contribution in [3.63, 3.8) is 0 Å². The number of ether oxygens (including phenoxy) is 1. The summed E-state index contributed by atoms with van der Waals surface area (Å²) in [7, 11) is -2.28. The second-order valence-corrected chi connectivity index (χ2v) is 7.38. The first-order valence-corrected chi connectivity index (χ1v) is 9.48. The predicted molar refractivity (Wildman–Crippen MR) is 104 cm³/mol. The summed E-state index contributed by atoms with van der Waals surface area (Å²) in [5.74, 6) is -0.489. The number of fused-ring (bicyclic) bond motifs is 1. The fraction of sp³-hybridized carbons (Fsp3) is 0.0500. The Hall–Kier alpha value is -3.32. The van der Waals surface area contributed by atoms with E-state index in [1.54, 1.807) is 36.4 Å². The standard InChI is InChI=1S/C20H17NO5S/c1-26-15-8-10-16(11-9-15)27(24,25)21-19-12-6-14(7-13-20(22)23)17-4-2-3-5-18(17)19/h2-13,21H,1H3,(H,22,23). The van der Waals surface area contributed by atoms with Crippen molar-refractivity contribution in [1.82, 2.24) is 0 Å². The first-order chi connectivity index (χ1) is 12.9. The summed E-state index contributed by atoms with van der Waals surface area (Å²) in [6.07, 6.45) is 2.52. The van der Waals surface area contributed by atoms with Gasteiger partial charge in [0.25, 0.3) is 10.0 Å². The van der Waals surface area contributed by atoms with Crippen LogP contribution in [0.1, 0.15) is 5.56 Å². The Bertz CT molecular complexity index is 1120. The number of methoxy groups -OCH3 is 1. The summed E-state index contributed by atoms with van der Waals surface area (Å²) in [6, 6.07) is 16.6. The average Bonchev–Trinajstić information content (AvgIpc) is 2.67. The van der Waals surface area contributed by atoms with Gasteiger partial charge in [-0.3, -0.25) is 4.72 Å². The van der Waals surface area contributed by atoms with Crippen molar-refractivity contribution >= 4 is 38.5 Å². The van der Waals surface area contributed by atoms with Gasteiger partial charge >= 0.3 is 5.97 Å². The monoisotopic (exact) mass is 383 g/mol. The molecule has 138 valence electrons. The third kappa shape index (κ3) is 4.09. The second-order valence-electron chi connectivity index (χ2n) is 5.70. The molecule has 7 heteroatoms. The SMILES string of the molecule is COc1ccc(S(=O)(=O)Nc2ccc(C=CC(=O)O)c3ccccc23)cc1. The number of carboxylic acids is 1. The van der Waals surface area contributed by atoms with Gasteiger partial charge in [0, 0.05) is 11.5 Å². The van der Waals surface area contributed by atoms with E-state index >= 15 is 0 Å². The molecule has 27 heavy (non-hydrogen) atoms. The highest BCUT2D eigenvalue weighted by Gasteiger charge is 2.16. The summed E-state index contributed by atoms with van der Waals surface area (Å²) in [5.41, 5.74) is 1.09. The van der Waals surface area contributed by atoms with Gasteiger partial charge in [-0.25, -0.2) is 13.2 Å². The maximum Gasteiger partial charge on any atom is 0.328 e. The van der Waals surface area contributed by atoms with Crippen LogP contribution in [-0.4, -0.2) is 26.6 Å². The van der Waals surface area contributed by atoms with Crippen molar-refractivity contribution in [3.8, 4) is 5.75 Å². The summed E-state index contributed by atoms with van der Waals surface area (Å²) >= 11 is 0. The highest BCUT2D eigenvalue weighted by Crippen LogP contribution is 2.29. The van der Waals surface area contributed by atoms with Gasteiger partial charge in [0.15, 0.2) is 0 Å². The molecule has 0 bridgehead atoms. The number of carbonyl (C=O) groups is 1. The molecule has 0 spiro atoms. The molecule has 0 saturated carbocycles. The first-order valence-electron chi connectivity index (χ1n) is 8.00. The van der Waals surface area contributed by atoms with Gasteiger partial charge in [-0.2, -0.15) is 0 Å². The molecule has 2 N–H and O–H groups in total. The number of rotatable bonds is 6. The van der Waals surface area contributed by atoms with E-state index in [4.69, 9.17) is 9.84 Å². The topological polar surface area (TPSA) is 92.7 Å². The number of sulfonamides is 1. The minimum absolute atomic E-state index is 0.113. The summed E-state index contributed by atoms with van der Waals surface area (Å²) in [4.78, 5) is 10.9. The van der Waals surface area contributed by atoms with Crippen LogP contribution in [0.4, 0.5) is 5.69 Å². The van der Waals surface area contributed by atoms with E-state index in [0.29, 0.717) is 22.4 Å². The Morgan fingerprint density at radius 2 is 1.67 bits per heavy atom. The molecular formula is C20H17NO5S. The molecule has 3 rings (SSSR count). The highest BCUT2D eigenvalue weighted by atomic mass is 32.2. The quantitative estimate of drug-likeness (QED) is 0.633. The fourth-order valence-electron chi connectivity index (χ4n) is 2.68. The normalized spacial score (nSPS) is 11.6. The van der Waals surface area contributed by atoms with E-state index in [1.165, 1.54) is 25.3 Å². The van der Waals surface area contributed by atoms with Gasteiger partial charge in [-0.1, -0.05) is 30.3 Å². The predicted octanol–water partition coefficient (Wildman–Crippen LogP) is 3.75. The van der Waals surface area contributed by atoms with Crippen molar-refractivity contribution in [2.24, 2.45) is 0 Å². The number of anilines is 1. The van der Waals surface area contributed by atoms with Gasteiger partial charge in [0.05, 0.1) is 17.7 Å². The van der Waals surface area contributed by atoms with Gasteiger partial charge in [0.2, 0.25) is 0 Å². The van der Waals surface area contributed by atoms with Gasteiger partial charge in [-0.05, 0) is 47.4 Å². The maximum atomic E-state index is 12.7. The first kappa shape index (κ1) is 18.5. The molecule has 3 aromatic rings. The minimum atomic E-state index is -3.79. The van der Waals surface area contributed by atoms with Crippen LogP contribution in [0.5, 0.6) is 5.75 Å². The van der Waals surface area contributed by atoms with Crippen LogP contribution in [0.15, 0.2) is 71.6 Å². The molecule has 0 aromatic heterocycles. The lowest BCUT2D eigenvalue weighted by atomic mass is 10.0. The van der Waals surface area contributed by atoms with Gasteiger partial charge < -0.3 is 9.84 Å². The third-order valence-corrected chi connectivity index (χ3v) is 5.36. The average molecular weight is 383 g/mol. The number of benzene rings is 3. The smallest absolute Gasteiger partial charge is 0.328 e. The molecule has 0 aliphatic carbocycles. The largest absolute Gasteiger partial charge is 0.497 e. The van der Waals surface area contributed by atoms with Crippen molar-refractivity contribution in [2.45, 2.75) is 4.90 Å². The summed E-state index contributed by atoms with van der Waals surface area (Å²) in [5, 5.41) is 10.2. The number of hydrogen-bond acceptors (Lipinski definition) is 4. The molecule has 0 fully saturated rings. The molecule has 0 radical (unpaired) electrons. The van der Waals surface area contributed by atoms with E-state index in [0.717, 1.165) is 11.5 Å². The Labute approximate surface area is 156 Å². The summed E-state index contributed by atoms with van der Waals surface area (Å²) in [6.45, 7) is 0. The highest BCUT2D eigenvalue weighted by molar-refractivity contribution is 7.92. The lowest BCUT2D eigenvalue weighted by molar-refractivity contribution is -0.131. The Morgan fingerprint density at radius 3 is 2.30 bits per heavy atom. The third-order valence-electron chi connectivity index (χ3n) is 3.98. The van der Waals surface area contributed by atoms with Crippen LogP contribution in [-0.2, 0) is 14.8 Å². The zero-order valence-corrected chi connectivity index (χ0v) is 15.2. The lowest BCUT2D eigenvalue weighted by Crippen LogP contribution is -2.13. The number of carboxylic acid groups (broad SMARTS) is 1. The number of aliphatic carboxylic acids is 1. The van der Waals surface area contributed by atoms with E-state index in [9.17, 15) is 13.2 Å². The van der Waals surface area contributed by atoms with Crippen molar-refractivity contribution in [2.75, 3.05) is 11.8 Å². The van der Waals surface area contributed by atoms with E-state index < -0.39 is 16.0 Å². The van der Waals surface area contributed by atoms with Crippen LogP contribution in [0, 0.1) is 0 Å². The Kier molecular flexibility index (Phi) is 5.14. The van der Waals surface area contributed by atoms with Crippen LogP contribution >= 0.6 is 0 Å². The molecule has 6 nitrogen and oxygen atoms in total. The van der Waals surface area contributed by atoms with Gasteiger partial charge in [-0.15, -0.1) is 0 Å². The minimum Gasteiger partial charge on any atom is -0.497 e. The molecule has 0 saturated heterocycles. The number of nitrogens with one attached hydrogen (secondary N) is 1. The van der Waals surface area contributed by atoms with Crippen molar-refractivity contribution in [1.29, 1.82) is 0 Å². The van der Waals surface area contributed by atoms with Crippen LogP contribution in [0.3, 0.4) is 0 Å². The molecule has 0 heterocycles. The van der Waals surface area contributed by atoms with Crippen LogP contribution in [0.25, 0.3) is 16.8 Å². The summed E-state index contributed by atoms with van der Waals surface area (Å²) < 4.78 is 33.0. The lowest BCUT2D eigenvalue weighted by Gasteiger charge is -2.12. The van der Waals surface area contributed by atoms with Crippen molar-refractivity contribution < 1.29 is 23.1 Å². The zero-order chi connectivity index (χ0) is 19.4. The molecular weight excluding hydrogens is 366 g/mol. The van der Waals surface area contributed by atoms with Crippen molar-refractivity contribution in [3.05, 3.63) is 72.3 Å². The van der Waals surface area contributed by atoms with E-state index in [1.807, 2.05) is 12.1 Å². The van der Waals surface area contributed by atoms with E-state index in [-0.39, 0.29) is 4.90 Å². The maximum absolute atomic E-state index is 12.7. The zero-order valence-electron chi connectivity index (χ0n) is 14.4. The van der Waals surface area contributed by atoms with Gasteiger partial charge in [0.1, 0.15) is 5.75 Å². The molecule has 0 unspecified atom stereocenters.